The standard InChI is InChI=1S/C18H21NO4/c20-16(19-18(22)13-4-2-1-3-5-13)11-23-17(21)10-15-9-12-6-7-14(15)8-12/h1-5,12,14-15H,6-11H2,(H,19,20,22)/t12-,14+,15-/m0/s1. The summed E-state index contributed by atoms with van der Waals surface area (Å²) in [4.78, 5) is 35.3. The molecule has 5 nitrogen and oxygen atoms in total. The second kappa shape index (κ2) is 6.94. The normalized spacial score (nSPS) is 25.1. The number of nitrogens with one attached hydrogen (secondary N) is 1. The van der Waals surface area contributed by atoms with E-state index in [4.69, 9.17) is 4.74 Å². The van der Waals surface area contributed by atoms with Gasteiger partial charge in [-0.25, -0.2) is 0 Å². The van der Waals surface area contributed by atoms with Crippen molar-refractivity contribution in [1.82, 2.24) is 5.32 Å². The first-order chi connectivity index (χ1) is 11.1. The maximum atomic E-state index is 11.8. The molecule has 2 aliphatic rings. The van der Waals surface area contributed by atoms with Gasteiger partial charge in [-0.1, -0.05) is 24.6 Å². The van der Waals surface area contributed by atoms with Gasteiger partial charge in [0.25, 0.3) is 11.8 Å². The first kappa shape index (κ1) is 15.7. The van der Waals surface area contributed by atoms with Gasteiger partial charge in [-0.15, -0.1) is 0 Å². The predicted octanol–water partition coefficient (Wildman–Crippen LogP) is 2.31. The Morgan fingerprint density at radius 1 is 1.09 bits per heavy atom. The summed E-state index contributed by atoms with van der Waals surface area (Å²) in [5.41, 5.74) is 0.397. The zero-order valence-corrected chi connectivity index (χ0v) is 13.0. The summed E-state index contributed by atoms with van der Waals surface area (Å²) >= 11 is 0. The zero-order chi connectivity index (χ0) is 16.2. The summed E-state index contributed by atoms with van der Waals surface area (Å²) in [5.74, 6) is 0.422. The van der Waals surface area contributed by atoms with Crippen LogP contribution in [0, 0.1) is 17.8 Å². The molecule has 3 rings (SSSR count). The Morgan fingerprint density at radius 3 is 2.52 bits per heavy atom. The van der Waals surface area contributed by atoms with E-state index >= 15 is 0 Å². The van der Waals surface area contributed by atoms with Gasteiger partial charge in [0.2, 0.25) is 0 Å². The number of imide groups is 1. The van der Waals surface area contributed by atoms with Crippen molar-refractivity contribution in [2.24, 2.45) is 17.8 Å². The number of amides is 2. The smallest absolute Gasteiger partial charge is 0.306 e. The molecule has 0 radical (unpaired) electrons. The predicted molar refractivity (Wildman–Crippen MR) is 83.4 cm³/mol. The van der Waals surface area contributed by atoms with Crippen molar-refractivity contribution in [2.75, 3.05) is 6.61 Å². The van der Waals surface area contributed by atoms with Crippen molar-refractivity contribution in [2.45, 2.75) is 32.1 Å². The molecule has 5 heteroatoms. The number of rotatable bonds is 5. The summed E-state index contributed by atoms with van der Waals surface area (Å²) < 4.78 is 5.01. The zero-order valence-electron chi connectivity index (χ0n) is 13.0. The molecule has 0 spiro atoms. The molecule has 0 heterocycles. The first-order valence-electron chi connectivity index (χ1n) is 8.16. The summed E-state index contributed by atoms with van der Waals surface area (Å²) in [6, 6.07) is 8.45. The Morgan fingerprint density at radius 2 is 1.87 bits per heavy atom. The second-order valence-electron chi connectivity index (χ2n) is 6.54. The van der Waals surface area contributed by atoms with Crippen LogP contribution >= 0.6 is 0 Å². The average Bonchev–Trinajstić information content (AvgIpc) is 3.16. The molecule has 2 aliphatic carbocycles. The largest absolute Gasteiger partial charge is 0.456 e. The number of carbonyl (C=O) groups excluding carboxylic acids is 3. The number of hydrogen-bond acceptors (Lipinski definition) is 4. The van der Waals surface area contributed by atoms with Gasteiger partial charge >= 0.3 is 5.97 Å². The molecule has 2 bridgehead atoms. The number of esters is 1. The highest BCUT2D eigenvalue weighted by atomic mass is 16.5. The van der Waals surface area contributed by atoms with E-state index in [0.717, 1.165) is 12.3 Å². The monoisotopic (exact) mass is 315 g/mol. The minimum Gasteiger partial charge on any atom is -0.456 e. The van der Waals surface area contributed by atoms with Gasteiger partial charge in [0.05, 0.1) is 0 Å². The van der Waals surface area contributed by atoms with Crippen LogP contribution in [-0.2, 0) is 14.3 Å². The fraction of sp³-hybridized carbons (Fsp3) is 0.500. The van der Waals surface area contributed by atoms with E-state index in [9.17, 15) is 14.4 Å². The van der Waals surface area contributed by atoms with E-state index in [1.165, 1.54) is 19.3 Å². The van der Waals surface area contributed by atoms with Crippen molar-refractivity contribution in [3.8, 4) is 0 Å². The molecule has 1 aromatic carbocycles. The number of fused-ring (bicyclic) bond motifs is 2. The molecule has 1 aromatic rings. The molecule has 2 amide bonds. The Balaban J connectivity index is 1.39. The third-order valence-corrected chi connectivity index (χ3v) is 4.97. The lowest BCUT2D eigenvalue weighted by atomic mass is 9.86. The van der Waals surface area contributed by atoms with Gasteiger partial charge in [0.15, 0.2) is 6.61 Å². The number of benzene rings is 1. The SMILES string of the molecule is O=C(COC(=O)C[C@@H]1C[C@H]2CC[C@@H]1C2)NC(=O)c1ccccc1. The molecule has 2 saturated carbocycles. The van der Waals surface area contributed by atoms with Crippen LogP contribution in [0.5, 0.6) is 0 Å². The molecule has 122 valence electrons. The highest BCUT2D eigenvalue weighted by molar-refractivity contribution is 6.05. The summed E-state index contributed by atoms with van der Waals surface area (Å²) in [7, 11) is 0. The van der Waals surface area contributed by atoms with Gasteiger partial charge in [0, 0.05) is 12.0 Å². The quantitative estimate of drug-likeness (QED) is 0.846. The van der Waals surface area contributed by atoms with E-state index in [-0.39, 0.29) is 5.97 Å². The minimum atomic E-state index is -0.597. The molecule has 0 saturated heterocycles. The van der Waals surface area contributed by atoms with Crippen molar-refractivity contribution in [3.05, 3.63) is 35.9 Å². The topological polar surface area (TPSA) is 72.5 Å². The Kier molecular flexibility index (Phi) is 4.74. The van der Waals surface area contributed by atoms with Gasteiger partial charge in [0.1, 0.15) is 0 Å². The minimum absolute atomic E-state index is 0.343. The fourth-order valence-corrected chi connectivity index (χ4v) is 3.87. The molecule has 0 unspecified atom stereocenters. The Labute approximate surface area is 135 Å². The highest BCUT2D eigenvalue weighted by Gasteiger charge is 2.40. The number of carbonyl (C=O) groups is 3. The molecular formula is C18H21NO4. The van der Waals surface area contributed by atoms with Crippen LogP contribution < -0.4 is 5.32 Å². The van der Waals surface area contributed by atoms with Crippen LogP contribution in [-0.4, -0.2) is 24.4 Å². The van der Waals surface area contributed by atoms with Gasteiger partial charge in [-0.3, -0.25) is 19.7 Å². The Hall–Kier alpha value is -2.17. The van der Waals surface area contributed by atoms with E-state index in [1.54, 1.807) is 30.3 Å². The van der Waals surface area contributed by atoms with E-state index in [2.05, 4.69) is 5.32 Å². The lowest BCUT2D eigenvalue weighted by molar-refractivity contribution is -0.149. The van der Waals surface area contributed by atoms with Crippen molar-refractivity contribution >= 4 is 17.8 Å². The molecule has 0 aromatic heterocycles. The van der Waals surface area contributed by atoms with Crippen molar-refractivity contribution < 1.29 is 19.1 Å². The lowest BCUT2D eigenvalue weighted by Gasteiger charge is -2.20. The highest BCUT2D eigenvalue weighted by Crippen LogP contribution is 2.49. The van der Waals surface area contributed by atoms with Crippen molar-refractivity contribution in [3.63, 3.8) is 0 Å². The fourth-order valence-electron chi connectivity index (χ4n) is 3.87. The van der Waals surface area contributed by atoms with Gasteiger partial charge in [-0.2, -0.15) is 0 Å². The van der Waals surface area contributed by atoms with Crippen LogP contribution in [0.15, 0.2) is 30.3 Å². The van der Waals surface area contributed by atoms with Crippen LogP contribution in [0.1, 0.15) is 42.5 Å². The average molecular weight is 315 g/mol. The lowest BCUT2D eigenvalue weighted by Crippen LogP contribution is -2.34. The maximum absolute atomic E-state index is 11.8. The Bertz CT molecular complexity index is 598. The summed E-state index contributed by atoms with van der Waals surface area (Å²) in [5, 5.41) is 2.22. The molecule has 0 aliphatic heterocycles. The molecule has 23 heavy (non-hydrogen) atoms. The first-order valence-corrected chi connectivity index (χ1v) is 8.16. The van der Waals surface area contributed by atoms with Crippen LogP contribution in [0.3, 0.4) is 0 Å². The number of ether oxygens (including phenoxy) is 1. The van der Waals surface area contributed by atoms with Crippen LogP contribution in [0.4, 0.5) is 0 Å². The second-order valence-corrected chi connectivity index (χ2v) is 6.54. The third kappa shape index (κ3) is 3.97. The molecular weight excluding hydrogens is 294 g/mol. The summed E-state index contributed by atoms with van der Waals surface area (Å²) in [6.45, 7) is -0.405. The van der Waals surface area contributed by atoms with Crippen LogP contribution in [0.2, 0.25) is 0 Å². The van der Waals surface area contributed by atoms with Gasteiger partial charge in [-0.05, 0) is 49.1 Å². The molecule has 2 fully saturated rings. The van der Waals surface area contributed by atoms with E-state index in [0.29, 0.717) is 23.8 Å². The maximum Gasteiger partial charge on any atom is 0.306 e. The van der Waals surface area contributed by atoms with Crippen molar-refractivity contribution in [1.29, 1.82) is 0 Å². The third-order valence-electron chi connectivity index (χ3n) is 4.97. The van der Waals surface area contributed by atoms with E-state index in [1.807, 2.05) is 0 Å². The molecule has 1 N–H and O–H groups in total. The van der Waals surface area contributed by atoms with Gasteiger partial charge < -0.3 is 4.74 Å². The van der Waals surface area contributed by atoms with E-state index < -0.39 is 18.4 Å². The molecule has 3 atom stereocenters. The number of hydrogen-bond donors (Lipinski definition) is 1. The summed E-state index contributed by atoms with van der Waals surface area (Å²) in [6.07, 6.45) is 5.25. The van der Waals surface area contributed by atoms with Crippen LogP contribution in [0.25, 0.3) is 0 Å².